The summed E-state index contributed by atoms with van der Waals surface area (Å²) in [5.41, 5.74) is 9.91. The van der Waals surface area contributed by atoms with Gasteiger partial charge in [0, 0.05) is 33.4 Å². The Bertz CT molecular complexity index is 1230. The largest absolute Gasteiger partial charge is 0.507 e. The van der Waals surface area contributed by atoms with E-state index in [1.807, 2.05) is 12.1 Å². The summed E-state index contributed by atoms with van der Waals surface area (Å²) in [6.07, 6.45) is 15.7. The van der Waals surface area contributed by atoms with E-state index in [-0.39, 0.29) is 11.5 Å². The number of aromatic hydroxyl groups is 2. The molecule has 0 atom stereocenters. The van der Waals surface area contributed by atoms with Crippen molar-refractivity contribution in [2.45, 2.75) is 79.1 Å². The standard InChI is InChI=1S/C34H42O4/c1-21-9-7-11-23(3)17-27-25(15-13-21)31(37-5)19-29(33(27)35)30-20-32(38-6)26-16-14-22(2)10-8-12-24(4)18-28(26)34(30)36/h11-14,19-20,35-36H,7-10,15-18H2,1-6H3/b21-13+,22-14+,23-11+,24-12+. The molecule has 38 heavy (non-hydrogen) atoms. The van der Waals surface area contributed by atoms with E-state index >= 15 is 0 Å². The molecular weight excluding hydrogens is 472 g/mol. The van der Waals surface area contributed by atoms with Crippen LogP contribution in [0.4, 0.5) is 0 Å². The minimum absolute atomic E-state index is 0.195. The summed E-state index contributed by atoms with van der Waals surface area (Å²) in [4.78, 5) is 0. The number of phenols is 2. The summed E-state index contributed by atoms with van der Waals surface area (Å²) < 4.78 is 11.8. The molecule has 4 nitrogen and oxygen atoms in total. The van der Waals surface area contributed by atoms with Gasteiger partial charge in [-0.05, 0) is 91.2 Å². The first-order chi connectivity index (χ1) is 18.2. The van der Waals surface area contributed by atoms with Crippen LogP contribution < -0.4 is 9.47 Å². The summed E-state index contributed by atoms with van der Waals surface area (Å²) in [5.74, 6) is 1.83. The summed E-state index contributed by atoms with van der Waals surface area (Å²) in [5, 5.41) is 23.5. The first-order valence-electron chi connectivity index (χ1n) is 13.7. The van der Waals surface area contributed by atoms with Crippen molar-refractivity contribution in [3.05, 3.63) is 81.0 Å². The molecule has 4 rings (SSSR count). The SMILES string of the molecule is COc1cc(-c2cc(OC)c3c(c2O)C/C(C)=C/CC/C(C)=C/C3)c(O)c2c1C/C=C(\C)CC/C=C(\C)C2. The maximum absolute atomic E-state index is 11.8. The number of rotatable bonds is 3. The van der Waals surface area contributed by atoms with E-state index in [2.05, 4.69) is 52.0 Å². The van der Waals surface area contributed by atoms with E-state index in [9.17, 15) is 10.2 Å². The van der Waals surface area contributed by atoms with Crippen molar-refractivity contribution in [1.82, 2.24) is 0 Å². The first kappa shape index (κ1) is 27.6. The zero-order valence-electron chi connectivity index (χ0n) is 23.8. The van der Waals surface area contributed by atoms with Crippen LogP contribution in [0.5, 0.6) is 23.0 Å². The molecule has 2 N–H and O–H groups in total. The average molecular weight is 515 g/mol. The molecule has 4 heteroatoms. The molecule has 0 radical (unpaired) electrons. The van der Waals surface area contributed by atoms with E-state index in [1.165, 1.54) is 22.3 Å². The van der Waals surface area contributed by atoms with Crippen LogP contribution in [-0.2, 0) is 25.7 Å². The molecule has 202 valence electrons. The highest BCUT2D eigenvalue weighted by Gasteiger charge is 2.25. The quantitative estimate of drug-likeness (QED) is 0.404. The Hall–Kier alpha value is -3.40. The Morgan fingerprint density at radius 1 is 0.553 bits per heavy atom. The molecule has 0 unspecified atom stereocenters. The van der Waals surface area contributed by atoms with Gasteiger partial charge >= 0.3 is 0 Å². The molecule has 2 aliphatic rings. The lowest BCUT2D eigenvalue weighted by atomic mass is 9.86. The summed E-state index contributed by atoms with van der Waals surface area (Å²) in [6.45, 7) is 8.55. The van der Waals surface area contributed by atoms with E-state index in [1.54, 1.807) is 14.2 Å². The van der Waals surface area contributed by atoms with Gasteiger partial charge in [-0.25, -0.2) is 0 Å². The molecule has 0 bridgehead atoms. The number of methoxy groups -OCH3 is 2. The fourth-order valence-corrected chi connectivity index (χ4v) is 5.64. The van der Waals surface area contributed by atoms with Gasteiger partial charge < -0.3 is 19.7 Å². The number of benzene rings is 2. The summed E-state index contributed by atoms with van der Waals surface area (Å²) in [7, 11) is 3.34. The van der Waals surface area contributed by atoms with Gasteiger partial charge in [-0.3, -0.25) is 0 Å². The van der Waals surface area contributed by atoms with Crippen LogP contribution in [-0.4, -0.2) is 24.4 Å². The topological polar surface area (TPSA) is 58.9 Å². The highest BCUT2D eigenvalue weighted by Crippen LogP contribution is 2.48. The third kappa shape index (κ3) is 5.85. The van der Waals surface area contributed by atoms with Crippen LogP contribution in [0, 0.1) is 0 Å². The van der Waals surface area contributed by atoms with Crippen LogP contribution in [0.15, 0.2) is 58.7 Å². The van der Waals surface area contributed by atoms with Crippen LogP contribution in [0.3, 0.4) is 0 Å². The number of allylic oxidation sites excluding steroid dienone is 8. The number of fused-ring (bicyclic) bond motifs is 2. The minimum atomic E-state index is 0.195. The van der Waals surface area contributed by atoms with Crippen LogP contribution in [0.1, 0.15) is 75.6 Å². The van der Waals surface area contributed by atoms with Gasteiger partial charge in [0.1, 0.15) is 23.0 Å². The summed E-state index contributed by atoms with van der Waals surface area (Å²) in [6, 6.07) is 3.74. The third-order valence-electron chi connectivity index (χ3n) is 7.97. The number of ether oxygens (including phenoxy) is 2. The van der Waals surface area contributed by atoms with Gasteiger partial charge in [0.2, 0.25) is 0 Å². The number of phenolic OH excluding ortho intramolecular Hbond substituents is 2. The van der Waals surface area contributed by atoms with Crippen molar-refractivity contribution >= 4 is 0 Å². The Balaban J connectivity index is 1.98. The van der Waals surface area contributed by atoms with Gasteiger partial charge in [-0.1, -0.05) is 46.6 Å². The van der Waals surface area contributed by atoms with Crippen molar-refractivity contribution in [1.29, 1.82) is 0 Å². The highest BCUT2D eigenvalue weighted by atomic mass is 16.5. The fraction of sp³-hybridized carbons (Fsp3) is 0.412. The Kier molecular flexibility index (Phi) is 8.71. The smallest absolute Gasteiger partial charge is 0.127 e. The summed E-state index contributed by atoms with van der Waals surface area (Å²) >= 11 is 0. The fourth-order valence-electron chi connectivity index (χ4n) is 5.64. The Labute approximate surface area is 228 Å². The minimum Gasteiger partial charge on any atom is -0.507 e. The molecule has 0 heterocycles. The molecule has 0 saturated heterocycles. The molecule has 2 aromatic carbocycles. The zero-order valence-corrected chi connectivity index (χ0v) is 23.8. The Morgan fingerprint density at radius 3 is 1.32 bits per heavy atom. The van der Waals surface area contributed by atoms with Crippen molar-refractivity contribution < 1.29 is 19.7 Å². The third-order valence-corrected chi connectivity index (χ3v) is 7.97. The lowest BCUT2D eigenvalue weighted by molar-refractivity contribution is 0.404. The molecule has 0 spiro atoms. The molecular formula is C34H42O4. The molecule has 0 aliphatic heterocycles. The molecule has 2 aromatic rings. The van der Waals surface area contributed by atoms with Gasteiger partial charge in [0.15, 0.2) is 0 Å². The van der Waals surface area contributed by atoms with Crippen LogP contribution in [0.25, 0.3) is 11.1 Å². The molecule has 0 aromatic heterocycles. The zero-order chi connectivity index (χ0) is 27.4. The highest BCUT2D eigenvalue weighted by molar-refractivity contribution is 5.82. The van der Waals surface area contributed by atoms with Crippen molar-refractivity contribution in [2.24, 2.45) is 0 Å². The van der Waals surface area contributed by atoms with E-state index < -0.39 is 0 Å². The molecule has 0 amide bonds. The normalized spacial score (nSPS) is 22.2. The maximum atomic E-state index is 11.8. The predicted octanol–water partition coefficient (Wildman–Crippen LogP) is 8.32. The number of hydrogen-bond acceptors (Lipinski definition) is 4. The monoisotopic (exact) mass is 514 g/mol. The van der Waals surface area contributed by atoms with Crippen molar-refractivity contribution in [3.63, 3.8) is 0 Å². The Morgan fingerprint density at radius 2 is 0.947 bits per heavy atom. The predicted molar refractivity (Wildman–Crippen MR) is 157 cm³/mol. The molecule has 2 aliphatic carbocycles. The van der Waals surface area contributed by atoms with Gasteiger partial charge in [0.05, 0.1) is 14.2 Å². The van der Waals surface area contributed by atoms with Gasteiger partial charge in [-0.15, -0.1) is 0 Å². The van der Waals surface area contributed by atoms with Gasteiger partial charge in [0.25, 0.3) is 0 Å². The lowest BCUT2D eigenvalue weighted by Crippen LogP contribution is -2.05. The maximum Gasteiger partial charge on any atom is 0.127 e. The second-order valence-corrected chi connectivity index (χ2v) is 10.9. The van der Waals surface area contributed by atoms with Crippen LogP contribution >= 0.6 is 0 Å². The van der Waals surface area contributed by atoms with E-state index in [0.717, 1.165) is 59.4 Å². The van der Waals surface area contributed by atoms with Gasteiger partial charge in [-0.2, -0.15) is 0 Å². The lowest BCUT2D eigenvalue weighted by Gasteiger charge is -2.23. The molecule has 0 saturated carbocycles. The number of hydrogen-bond donors (Lipinski definition) is 2. The first-order valence-corrected chi connectivity index (χ1v) is 13.7. The van der Waals surface area contributed by atoms with E-state index in [4.69, 9.17) is 9.47 Å². The second-order valence-electron chi connectivity index (χ2n) is 10.9. The molecule has 0 fully saturated rings. The average Bonchev–Trinajstić information content (AvgIpc) is 2.89. The van der Waals surface area contributed by atoms with Crippen LogP contribution in [0.2, 0.25) is 0 Å². The second kappa shape index (κ2) is 12.0. The van der Waals surface area contributed by atoms with E-state index in [0.29, 0.717) is 36.8 Å². The van der Waals surface area contributed by atoms with Crippen molar-refractivity contribution in [3.8, 4) is 34.1 Å². The van der Waals surface area contributed by atoms with Crippen molar-refractivity contribution in [2.75, 3.05) is 14.2 Å².